The molecule has 1 aliphatic rings. The molecule has 22 heavy (non-hydrogen) atoms. The maximum atomic E-state index is 12.2. The van der Waals surface area contributed by atoms with E-state index in [9.17, 15) is 4.79 Å². The molecule has 0 radical (unpaired) electrons. The zero-order valence-corrected chi connectivity index (χ0v) is 14.4. The Hall–Kier alpha value is -1.10. The molecule has 0 saturated carbocycles. The van der Waals surface area contributed by atoms with E-state index in [-0.39, 0.29) is 35.8 Å². The Morgan fingerprint density at radius 3 is 2.68 bits per heavy atom. The zero-order valence-electron chi connectivity index (χ0n) is 13.6. The van der Waals surface area contributed by atoms with Gasteiger partial charge in [-0.05, 0) is 12.5 Å². The summed E-state index contributed by atoms with van der Waals surface area (Å²) in [5.41, 5.74) is 1.13. The Bertz CT molecular complexity index is 459. The topological polar surface area (TPSA) is 50.4 Å². The summed E-state index contributed by atoms with van der Waals surface area (Å²) in [6, 6.07) is 10.5. The monoisotopic (exact) mass is 326 g/mol. The van der Waals surface area contributed by atoms with Crippen LogP contribution in [0.3, 0.4) is 0 Å². The second kappa shape index (κ2) is 8.51. The molecule has 0 aliphatic carbocycles. The Morgan fingerprint density at radius 1 is 1.41 bits per heavy atom. The molecule has 2 atom stereocenters. The Balaban J connectivity index is 0.00000242. The van der Waals surface area contributed by atoms with E-state index in [1.54, 1.807) is 0 Å². The van der Waals surface area contributed by atoms with Gasteiger partial charge in [0.1, 0.15) is 0 Å². The van der Waals surface area contributed by atoms with Crippen LogP contribution in [0.4, 0.5) is 0 Å². The second-order valence-electron chi connectivity index (χ2n) is 6.31. The molecule has 2 N–H and O–H groups in total. The van der Waals surface area contributed by atoms with Crippen molar-refractivity contribution in [1.29, 1.82) is 0 Å². The van der Waals surface area contributed by atoms with Crippen molar-refractivity contribution in [1.82, 2.24) is 10.6 Å². The number of carbonyl (C=O) groups excluding carboxylic acids is 1. The van der Waals surface area contributed by atoms with Crippen molar-refractivity contribution in [3.05, 3.63) is 35.9 Å². The number of hydrogen-bond donors (Lipinski definition) is 2. The molecule has 2 unspecified atom stereocenters. The summed E-state index contributed by atoms with van der Waals surface area (Å²) in [6.07, 6.45) is 0.467. The van der Waals surface area contributed by atoms with Gasteiger partial charge in [-0.3, -0.25) is 4.79 Å². The summed E-state index contributed by atoms with van der Waals surface area (Å²) in [7, 11) is 0. The first-order chi connectivity index (χ1) is 10.00. The zero-order chi connectivity index (χ0) is 15.3. The van der Waals surface area contributed by atoms with E-state index in [0.717, 1.165) is 13.2 Å². The minimum Gasteiger partial charge on any atom is -0.378 e. The molecule has 124 valence electrons. The molecule has 5 heteroatoms. The number of morpholine rings is 1. The lowest BCUT2D eigenvalue weighted by Gasteiger charge is -2.33. The highest BCUT2D eigenvalue weighted by atomic mass is 35.5. The van der Waals surface area contributed by atoms with Gasteiger partial charge in [-0.15, -0.1) is 12.4 Å². The van der Waals surface area contributed by atoms with Gasteiger partial charge in [0.2, 0.25) is 5.91 Å². The molecule has 1 saturated heterocycles. The number of halogens is 1. The Morgan fingerprint density at radius 2 is 2.09 bits per heavy atom. The summed E-state index contributed by atoms with van der Waals surface area (Å²) < 4.78 is 5.38. The fraction of sp³-hybridized carbons (Fsp3) is 0.588. The van der Waals surface area contributed by atoms with Crippen LogP contribution in [-0.4, -0.2) is 37.7 Å². The van der Waals surface area contributed by atoms with Crippen molar-refractivity contribution in [2.24, 2.45) is 0 Å². The van der Waals surface area contributed by atoms with Crippen molar-refractivity contribution in [3.63, 3.8) is 0 Å². The number of rotatable bonds is 5. The molecular weight excluding hydrogens is 300 g/mol. The van der Waals surface area contributed by atoms with Gasteiger partial charge in [-0.25, -0.2) is 0 Å². The third-order valence-electron chi connectivity index (χ3n) is 4.41. The predicted molar refractivity (Wildman–Crippen MR) is 91.5 cm³/mol. The van der Waals surface area contributed by atoms with E-state index in [1.807, 2.05) is 18.2 Å². The molecule has 1 aliphatic heterocycles. The summed E-state index contributed by atoms with van der Waals surface area (Å²) in [4.78, 5) is 12.2. The summed E-state index contributed by atoms with van der Waals surface area (Å²) in [5.74, 6) is 0.0782. The molecule has 1 amide bonds. The molecular formula is C17H27ClN2O2. The SMILES string of the molecule is CC(NC(=O)CC1COCCN1)C(C)(C)c1ccccc1.Cl. The van der Waals surface area contributed by atoms with Crippen LogP contribution in [0, 0.1) is 0 Å². The van der Waals surface area contributed by atoms with Gasteiger partial charge in [0.15, 0.2) is 0 Å². The van der Waals surface area contributed by atoms with Gasteiger partial charge in [0.05, 0.1) is 13.2 Å². The van der Waals surface area contributed by atoms with Gasteiger partial charge in [0.25, 0.3) is 0 Å². The van der Waals surface area contributed by atoms with E-state index >= 15 is 0 Å². The number of carbonyl (C=O) groups is 1. The van der Waals surface area contributed by atoms with Gasteiger partial charge >= 0.3 is 0 Å². The number of amides is 1. The van der Waals surface area contributed by atoms with E-state index in [2.05, 4.69) is 43.5 Å². The molecule has 1 aromatic rings. The molecule has 0 spiro atoms. The molecule has 1 heterocycles. The van der Waals surface area contributed by atoms with Gasteiger partial charge < -0.3 is 15.4 Å². The highest BCUT2D eigenvalue weighted by Gasteiger charge is 2.29. The van der Waals surface area contributed by atoms with Crippen LogP contribution in [0.5, 0.6) is 0 Å². The third-order valence-corrected chi connectivity index (χ3v) is 4.41. The quantitative estimate of drug-likeness (QED) is 0.872. The van der Waals surface area contributed by atoms with E-state index in [4.69, 9.17) is 4.74 Å². The Kier molecular flexibility index (Phi) is 7.33. The average Bonchev–Trinajstić information content (AvgIpc) is 2.49. The first kappa shape index (κ1) is 18.9. The van der Waals surface area contributed by atoms with Gasteiger partial charge in [0, 0.05) is 30.5 Å². The first-order valence-electron chi connectivity index (χ1n) is 7.66. The van der Waals surface area contributed by atoms with Gasteiger partial charge in [-0.1, -0.05) is 44.2 Å². The van der Waals surface area contributed by atoms with Crippen molar-refractivity contribution in [2.45, 2.75) is 44.7 Å². The molecule has 2 rings (SSSR count). The van der Waals surface area contributed by atoms with Crippen molar-refractivity contribution in [3.8, 4) is 0 Å². The van der Waals surface area contributed by atoms with Crippen molar-refractivity contribution < 1.29 is 9.53 Å². The average molecular weight is 327 g/mol. The normalized spacial score (nSPS) is 19.9. The fourth-order valence-corrected chi connectivity index (χ4v) is 2.57. The predicted octanol–water partition coefficient (Wildman–Crippen LogP) is 2.27. The third kappa shape index (κ3) is 4.97. The summed E-state index contributed by atoms with van der Waals surface area (Å²) in [6.45, 7) is 8.56. The molecule has 0 bridgehead atoms. The molecule has 1 fully saturated rings. The van der Waals surface area contributed by atoms with Crippen molar-refractivity contribution >= 4 is 18.3 Å². The number of nitrogens with one attached hydrogen (secondary N) is 2. The molecule has 0 aromatic heterocycles. The fourth-order valence-electron chi connectivity index (χ4n) is 2.57. The smallest absolute Gasteiger partial charge is 0.221 e. The van der Waals surface area contributed by atoms with Crippen molar-refractivity contribution in [2.75, 3.05) is 19.8 Å². The highest BCUT2D eigenvalue weighted by Crippen LogP contribution is 2.26. The maximum Gasteiger partial charge on any atom is 0.221 e. The maximum absolute atomic E-state index is 12.2. The lowest BCUT2D eigenvalue weighted by atomic mass is 9.78. The van der Waals surface area contributed by atoms with Crippen LogP contribution in [-0.2, 0) is 14.9 Å². The van der Waals surface area contributed by atoms with Crippen LogP contribution >= 0.6 is 12.4 Å². The molecule has 1 aromatic carbocycles. The van der Waals surface area contributed by atoms with Gasteiger partial charge in [-0.2, -0.15) is 0 Å². The van der Waals surface area contributed by atoms with Crippen LogP contribution in [0.1, 0.15) is 32.8 Å². The Labute approximate surface area is 139 Å². The highest BCUT2D eigenvalue weighted by molar-refractivity contribution is 5.85. The minimum atomic E-state index is -0.104. The lowest BCUT2D eigenvalue weighted by Crippen LogP contribution is -2.49. The minimum absolute atomic E-state index is 0. The van der Waals surface area contributed by atoms with E-state index < -0.39 is 0 Å². The summed E-state index contributed by atoms with van der Waals surface area (Å²) >= 11 is 0. The standard InChI is InChI=1S/C17H26N2O2.ClH/c1-13(17(2,3)14-7-5-4-6-8-14)19-16(20)11-15-12-21-10-9-18-15;/h4-8,13,15,18H,9-12H2,1-3H3,(H,19,20);1H. The second-order valence-corrected chi connectivity index (χ2v) is 6.31. The number of hydrogen-bond acceptors (Lipinski definition) is 3. The number of benzene rings is 1. The van der Waals surface area contributed by atoms with Crippen LogP contribution in [0.2, 0.25) is 0 Å². The first-order valence-corrected chi connectivity index (χ1v) is 7.66. The number of ether oxygens (including phenoxy) is 1. The summed E-state index contributed by atoms with van der Waals surface area (Å²) in [5, 5.41) is 6.44. The van der Waals surface area contributed by atoms with Crippen LogP contribution in [0.15, 0.2) is 30.3 Å². The largest absolute Gasteiger partial charge is 0.378 e. The lowest BCUT2D eigenvalue weighted by molar-refractivity contribution is -0.123. The van der Waals surface area contributed by atoms with Crippen LogP contribution in [0.25, 0.3) is 0 Å². The van der Waals surface area contributed by atoms with Crippen LogP contribution < -0.4 is 10.6 Å². The van der Waals surface area contributed by atoms with E-state index in [1.165, 1.54) is 5.56 Å². The van der Waals surface area contributed by atoms with E-state index in [0.29, 0.717) is 13.0 Å². The molecule has 4 nitrogen and oxygen atoms in total.